The molecule has 184 valence electrons. The second kappa shape index (κ2) is 11.3. The molecule has 4 rings (SSSR count). The van der Waals surface area contributed by atoms with Crippen LogP contribution in [0.1, 0.15) is 34.5 Å². The van der Waals surface area contributed by atoms with Crippen molar-refractivity contribution in [1.29, 1.82) is 0 Å². The molecule has 0 bridgehead atoms. The SMILES string of the molecule is O=C(CCCc1ccccc1)N1CCN(C(=O)c2ccc(S(=O)(=O)NCc3ccco3)cc2)CC1. The Morgan fingerprint density at radius 2 is 1.54 bits per heavy atom. The fraction of sp³-hybridized carbons (Fsp3) is 0.308. The summed E-state index contributed by atoms with van der Waals surface area (Å²) in [6.07, 6.45) is 3.64. The van der Waals surface area contributed by atoms with E-state index in [-0.39, 0.29) is 23.3 Å². The lowest BCUT2D eigenvalue weighted by Gasteiger charge is -2.35. The van der Waals surface area contributed by atoms with Crippen molar-refractivity contribution in [2.75, 3.05) is 26.2 Å². The molecule has 0 spiro atoms. The second-order valence-electron chi connectivity index (χ2n) is 8.44. The summed E-state index contributed by atoms with van der Waals surface area (Å²) in [4.78, 5) is 29.0. The van der Waals surface area contributed by atoms with Crippen molar-refractivity contribution in [2.24, 2.45) is 0 Å². The number of nitrogens with zero attached hydrogens (tertiary/aromatic N) is 2. The number of furan rings is 1. The van der Waals surface area contributed by atoms with Gasteiger partial charge in [0.05, 0.1) is 17.7 Å². The number of rotatable bonds is 9. The van der Waals surface area contributed by atoms with Crippen LogP contribution in [-0.2, 0) is 27.8 Å². The van der Waals surface area contributed by atoms with Crippen molar-refractivity contribution in [1.82, 2.24) is 14.5 Å². The standard InChI is InChI=1S/C26H29N3O5S/c30-25(10-4-8-21-6-2-1-3-7-21)28-15-17-29(18-16-28)26(31)22-11-13-24(14-12-22)35(32,33)27-20-23-9-5-19-34-23/h1-3,5-7,9,11-14,19,27H,4,8,10,15-18,20H2. The van der Waals surface area contributed by atoms with Crippen LogP contribution < -0.4 is 4.72 Å². The molecular weight excluding hydrogens is 466 g/mol. The van der Waals surface area contributed by atoms with Crippen LogP contribution >= 0.6 is 0 Å². The predicted octanol–water partition coefficient (Wildman–Crippen LogP) is 3.07. The van der Waals surface area contributed by atoms with Crippen LogP contribution in [0.25, 0.3) is 0 Å². The number of amides is 2. The highest BCUT2D eigenvalue weighted by molar-refractivity contribution is 7.89. The summed E-state index contributed by atoms with van der Waals surface area (Å²) in [5.74, 6) is 0.451. The molecule has 0 atom stereocenters. The molecule has 1 fully saturated rings. The van der Waals surface area contributed by atoms with E-state index in [0.717, 1.165) is 12.8 Å². The van der Waals surface area contributed by atoms with E-state index >= 15 is 0 Å². The molecule has 35 heavy (non-hydrogen) atoms. The van der Waals surface area contributed by atoms with Crippen molar-refractivity contribution >= 4 is 21.8 Å². The molecule has 1 N–H and O–H groups in total. The lowest BCUT2D eigenvalue weighted by atomic mass is 10.1. The first-order valence-corrected chi connectivity index (χ1v) is 13.1. The maximum Gasteiger partial charge on any atom is 0.253 e. The predicted molar refractivity (Wildman–Crippen MR) is 131 cm³/mol. The van der Waals surface area contributed by atoms with E-state index in [0.29, 0.717) is 43.9 Å². The summed E-state index contributed by atoms with van der Waals surface area (Å²) in [7, 11) is -3.73. The van der Waals surface area contributed by atoms with Crippen LogP contribution in [0, 0.1) is 0 Å². The van der Waals surface area contributed by atoms with Crippen molar-refractivity contribution in [2.45, 2.75) is 30.7 Å². The number of nitrogens with one attached hydrogen (secondary N) is 1. The lowest BCUT2D eigenvalue weighted by Crippen LogP contribution is -2.50. The minimum Gasteiger partial charge on any atom is -0.468 e. The number of carbonyl (C=O) groups is 2. The monoisotopic (exact) mass is 495 g/mol. The van der Waals surface area contributed by atoms with Crippen LogP contribution in [0.2, 0.25) is 0 Å². The van der Waals surface area contributed by atoms with E-state index in [1.165, 1.54) is 36.1 Å². The number of piperazine rings is 1. The number of hydrogen-bond acceptors (Lipinski definition) is 5. The molecular formula is C26H29N3O5S. The van der Waals surface area contributed by atoms with Gasteiger partial charge in [0, 0.05) is 38.2 Å². The Hall–Kier alpha value is -3.43. The van der Waals surface area contributed by atoms with Crippen LogP contribution in [0.5, 0.6) is 0 Å². The van der Waals surface area contributed by atoms with Gasteiger partial charge in [-0.05, 0) is 54.8 Å². The van der Waals surface area contributed by atoms with Gasteiger partial charge in [-0.25, -0.2) is 13.1 Å². The second-order valence-corrected chi connectivity index (χ2v) is 10.2. The molecule has 1 aliphatic rings. The molecule has 8 nitrogen and oxygen atoms in total. The highest BCUT2D eigenvalue weighted by Crippen LogP contribution is 2.15. The molecule has 0 unspecified atom stereocenters. The smallest absolute Gasteiger partial charge is 0.253 e. The maximum atomic E-state index is 12.9. The van der Waals surface area contributed by atoms with Crippen molar-refractivity contribution in [3.63, 3.8) is 0 Å². The highest BCUT2D eigenvalue weighted by atomic mass is 32.2. The molecule has 0 saturated carbocycles. The van der Waals surface area contributed by atoms with E-state index < -0.39 is 10.0 Å². The zero-order valence-corrected chi connectivity index (χ0v) is 20.2. The zero-order chi connectivity index (χ0) is 24.7. The van der Waals surface area contributed by atoms with Crippen LogP contribution in [-0.4, -0.2) is 56.2 Å². The Kier molecular flexibility index (Phi) is 7.99. The van der Waals surface area contributed by atoms with Gasteiger partial charge in [-0.2, -0.15) is 0 Å². The Morgan fingerprint density at radius 1 is 0.857 bits per heavy atom. The fourth-order valence-corrected chi connectivity index (χ4v) is 5.02. The molecule has 0 radical (unpaired) electrons. The molecule has 9 heteroatoms. The lowest BCUT2D eigenvalue weighted by molar-refractivity contribution is -0.132. The third-order valence-corrected chi connectivity index (χ3v) is 7.46. The van der Waals surface area contributed by atoms with Gasteiger partial charge >= 0.3 is 0 Å². The Morgan fingerprint density at radius 3 is 2.20 bits per heavy atom. The molecule has 0 aliphatic carbocycles. The van der Waals surface area contributed by atoms with Gasteiger partial charge in [-0.1, -0.05) is 30.3 Å². The number of hydrogen-bond donors (Lipinski definition) is 1. The first-order chi connectivity index (χ1) is 16.9. The largest absolute Gasteiger partial charge is 0.468 e. The first kappa shape index (κ1) is 24.7. The van der Waals surface area contributed by atoms with Crippen LogP contribution in [0.3, 0.4) is 0 Å². The van der Waals surface area contributed by atoms with Crippen molar-refractivity contribution in [3.8, 4) is 0 Å². The molecule has 2 amide bonds. The average molecular weight is 496 g/mol. The van der Waals surface area contributed by atoms with Crippen LogP contribution in [0.15, 0.2) is 82.3 Å². The Balaban J connectivity index is 1.24. The zero-order valence-electron chi connectivity index (χ0n) is 19.4. The Labute approximate surface area is 205 Å². The third kappa shape index (κ3) is 6.58. The minimum absolute atomic E-state index is 0.0469. The van der Waals surface area contributed by atoms with Crippen LogP contribution in [0.4, 0.5) is 0 Å². The highest BCUT2D eigenvalue weighted by Gasteiger charge is 2.25. The summed E-state index contributed by atoms with van der Waals surface area (Å²) in [6.45, 7) is 1.95. The van der Waals surface area contributed by atoms with Crippen molar-refractivity contribution in [3.05, 3.63) is 89.9 Å². The summed E-state index contributed by atoms with van der Waals surface area (Å²) < 4.78 is 32.6. The van der Waals surface area contributed by atoms with E-state index in [2.05, 4.69) is 16.9 Å². The molecule has 3 aromatic rings. The van der Waals surface area contributed by atoms with E-state index in [9.17, 15) is 18.0 Å². The summed E-state index contributed by atoms with van der Waals surface area (Å²) in [5.41, 5.74) is 1.64. The number of sulfonamides is 1. The molecule has 1 aromatic heterocycles. The summed E-state index contributed by atoms with van der Waals surface area (Å²) >= 11 is 0. The van der Waals surface area contributed by atoms with Gasteiger partial charge in [0.2, 0.25) is 15.9 Å². The van der Waals surface area contributed by atoms with Gasteiger partial charge in [0.15, 0.2) is 0 Å². The first-order valence-electron chi connectivity index (χ1n) is 11.7. The third-order valence-electron chi connectivity index (χ3n) is 6.05. The molecule has 1 saturated heterocycles. The quantitative estimate of drug-likeness (QED) is 0.492. The van der Waals surface area contributed by atoms with Crippen molar-refractivity contribution < 1.29 is 22.4 Å². The summed E-state index contributed by atoms with van der Waals surface area (Å²) in [5, 5.41) is 0. The normalized spacial score (nSPS) is 14.2. The number of aryl methyl sites for hydroxylation is 1. The van der Waals surface area contributed by atoms with Gasteiger partial charge in [-0.3, -0.25) is 9.59 Å². The van der Waals surface area contributed by atoms with Gasteiger partial charge < -0.3 is 14.2 Å². The van der Waals surface area contributed by atoms with Gasteiger partial charge in [0.1, 0.15) is 5.76 Å². The molecule has 2 heterocycles. The van der Waals surface area contributed by atoms with E-state index in [4.69, 9.17) is 4.42 Å². The fourth-order valence-electron chi connectivity index (χ4n) is 4.03. The minimum atomic E-state index is -3.73. The van der Waals surface area contributed by atoms with E-state index in [1.807, 2.05) is 23.1 Å². The summed E-state index contributed by atoms with van der Waals surface area (Å²) in [6, 6.07) is 19.4. The Bertz CT molecular complexity index is 1220. The maximum absolute atomic E-state index is 12.9. The number of benzene rings is 2. The topological polar surface area (TPSA) is 99.9 Å². The number of carbonyl (C=O) groups excluding carboxylic acids is 2. The molecule has 2 aromatic carbocycles. The van der Waals surface area contributed by atoms with E-state index in [1.54, 1.807) is 17.0 Å². The van der Waals surface area contributed by atoms with Gasteiger partial charge in [0.25, 0.3) is 5.91 Å². The van der Waals surface area contributed by atoms with Gasteiger partial charge in [-0.15, -0.1) is 0 Å². The molecule has 1 aliphatic heterocycles. The average Bonchev–Trinajstić information content (AvgIpc) is 3.42.